The summed E-state index contributed by atoms with van der Waals surface area (Å²) in [5.41, 5.74) is 2.43. The smallest absolute Gasteiger partial charge is 0.340 e. The zero-order chi connectivity index (χ0) is 18.1. The van der Waals surface area contributed by atoms with Crippen LogP contribution in [-0.4, -0.2) is 30.5 Å². The standard InChI is InChI=1S/C18H15N3O5/c1-23-13-8-7-10(9-14(13)24-2)15-16(21-26-20-15)19-17-11-5-3-4-6-12(11)18(22)25-17/h3-9,17H,1-2H3,(H,19,21). The quantitative estimate of drug-likeness (QED) is 0.699. The molecule has 4 rings (SSSR count). The molecule has 0 radical (unpaired) electrons. The second kappa shape index (κ2) is 6.40. The van der Waals surface area contributed by atoms with Crippen molar-refractivity contribution in [2.75, 3.05) is 19.5 Å². The number of methoxy groups -OCH3 is 2. The predicted octanol–water partition coefficient (Wildman–Crippen LogP) is 3.03. The van der Waals surface area contributed by atoms with E-state index in [1.165, 1.54) is 0 Å². The lowest BCUT2D eigenvalue weighted by molar-refractivity contribution is 0.0436. The Labute approximate surface area is 148 Å². The lowest BCUT2D eigenvalue weighted by Gasteiger charge is -2.13. The van der Waals surface area contributed by atoms with Gasteiger partial charge in [0.1, 0.15) is 0 Å². The Bertz CT molecular complexity index is 969. The zero-order valence-corrected chi connectivity index (χ0v) is 14.1. The van der Waals surface area contributed by atoms with Crippen molar-refractivity contribution < 1.29 is 23.6 Å². The van der Waals surface area contributed by atoms with Gasteiger partial charge in [0.25, 0.3) is 0 Å². The van der Waals surface area contributed by atoms with Crippen molar-refractivity contribution in [1.82, 2.24) is 10.3 Å². The largest absolute Gasteiger partial charge is 0.493 e. The molecule has 2 aromatic carbocycles. The number of cyclic esters (lactones) is 1. The summed E-state index contributed by atoms with van der Waals surface area (Å²) in [5, 5.41) is 10.9. The van der Waals surface area contributed by atoms with Gasteiger partial charge < -0.3 is 19.5 Å². The number of benzene rings is 2. The van der Waals surface area contributed by atoms with Gasteiger partial charge in [-0.25, -0.2) is 9.42 Å². The van der Waals surface area contributed by atoms with Crippen LogP contribution >= 0.6 is 0 Å². The highest BCUT2D eigenvalue weighted by Gasteiger charge is 2.32. The van der Waals surface area contributed by atoms with E-state index in [2.05, 4.69) is 15.6 Å². The van der Waals surface area contributed by atoms with E-state index in [-0.39, 0.29) is 5.97 Å². The number of carbonyl (C=O) groups excluding carboxylic acids is 1. The normalized spacial score (nSPS) is 15.3. The van der Waals surface area contributed by atoms with Gasteiger partial charge in [-0.05, 0) is 34.6 Å². The molecule has 1 N–H and O–H groups in total. The molecule has 8 heteroatoms. The molecular formula is C18H15N3O5. The maximum absolute atomic E-state index is 12.0. The summed E-state index contributed by atoms with van der Waals surface area (Å²) in [5.74, 6) is 1.12. The summed E-state index contributed by atoms with van der Waals surface area (Å²) in [4.78, 5) is 12.0. The van der Waals surface area contributed by atoms with Crippen LogP contribution in [0.25, 0.3) is 11.3 Å². The molecule has 0 bridgehead atoms. The third-order valence-corrected chi connectivity index (χ3v) is 4.10. The van der Waals surface area contributed by atoms with E-state index in [0.29, 0.717) is 34.1 Å². The van der Waals surface area contributed by atoms with Crippen LogP contribution in [0.4, 0.5) is 5.82 Å². The summed E-state index contributed by atoms with van der Waals surface area (Å²) >= 11 is 0. The van der Waals surface area contributed by atoms with E-state index < -0.39 is 6.23 Å². The molecule has 1 aliphatic rings. The SMILES string of the molecule is COc1ccc(-c2nonc2NC2OC(=O)c3ccccc32)cc1OC. The predicted molar refractivity (Wildman–Crippen MR) is 91.1 cm³/mol. The number of fused-ring (bicyclic) bond motifs is 1. The van der Waals surface area contributed by atoms with Gasteiger partial charge in [-0.1, -0.05) is 18.2 Å². The molecular weight excluding hydrogens is 338 g/mol. The maximum atomic E-state index is 12.0. The van der Waals surface area contributed by atoms with E-state index in [9.17, 15) is 4.79 Å². The Hall–Kier alpha value is -3.55. The zero-order valence-electron chi connectivity index (χ0n) is 14.1. The van der Waals surface area contributed by atoms with Crippen molar-refractivity contribution in [1.29, 1.82) is 0 Å². The highest BCUT2D eigenvalue weighted by molar-refractivity contribution is 5.94. The van der Waals surface area contributed by atoms with Crippen LogP contribution in [0.2, 0.25) is 0 Å². The highest BCUT2D eigenvalue weighted by Crippen LogP contribution is 2.36. The number of nitrogens with one attached hydrogen (secondary N) is 1. The number of esters is 1. The average Bonchev–Trinajstić information content (AvgIpc) is 3.26. The number of anilines is 1. The molecule has 1 aromatic heterocycles. The third kappa shape index (κ3) is 2.61. The lowest BCUT2D eigenvalue weighted by Crippen LogP contribution is -2.11. The van der Waals surface area contributed by atoms with Crippen LogP contribution in [0.15, 0.2) is 47.1 Å². The average molecular weight is 353 g/mol. The summed E-state index contributed by atoms with van der Waals surface area (Å²) in [6, 6.07) is 12.5. The minimum atomic E-state index is -0.663. The number of aromatic nitrogens is 2. The van der Waals surface area contributed by atoms with E-state index in [1.54, 1.807) is 44.6 Å². The second-order valence-corrected chi connectivity index (χ2v) is 5.55. The van der Waals surface area contributed by atoms with Gasteiger partial charge in [0.05, 0.1) is 19.8 Å². The third-order valence-electron chi connectivity index (χ3n) is 4.10. The molecule has 132 valence electrons. The second-order valence-electron chi connectivity index (χ2n) is 5.55. The summed E-state index contributed by atoms with van der Waals surface area (Å²) < 4.78 is 20.8. The van der Waals surface area contributed by atoms with Crippen LogP contribution in [0, 0.1) is 0 Å². The Morgan fingerprint density at radius 3 is 2.65 bits per heavy atom. The highest BCUT2D eigenvalue weighted by atomic mass is 16.6. The van der Waals surface area contributed by atoms with Crippen molar-refractivity contribution in [2.45, 2.75) is 6.23 Å². The molecule has 0 saturated heterocycles. The number of hydrogen-bond acceptors (Lipinski definition) is 8. The van der Waals surface area contributed by atoms with Gasteiger partial charge in [0, 0.05) is 11.1 Å². The Kier molecular flexibility index (Phi) is 3.92. The first-order chi connectivity index (χ1) is 12.7. The topological polar surface area (TPSA) is 95.7 Å². The van der Waals surface area contributed by atoms with Crippen LogP contribution in [0.5, 0.6) is 11.5 Å². The van der Waals surface area contributed by atoms with Crippen molar-refractivity contribution in [3.8, 4) is 22.8 Å². The number of rotatable bonds is 5. The molecule has 0 fully saturated rings. The van der Waals surface area contributed by atoms with E-state index >= 15 is 0 Å². The number of ether oxygens (including phenoxy) is 3. The van der Waals surface area contributed by atoms with Gasteiger partial charge in [0.15, 0.2) is 17.2 Å². The molecule has 8 nitrogen and oxygen atoms in total. The number of hydrogen-bond donors (Lipinski definition) is 1. The molecule has 26 heavy (non-hydrogen) atoms. The first-order valence-corrected chi connectivity index (χ1v) is 7.82. The van der Waals surface area contributed by atoms with Crippen molar-refractivity contribution in [2.24, 2.45) is 0 Å². The van der Waals surface area contributed by atoms with Crippen molar-refractivity contribution in [3.05, 3.63) is 53.6 Å². The van der Waals surface area contributed by atoms with Gasteiger partial charge >= 0.3 is 5.97 Å². The van der Waals surface area contributed by atoms with Crippen molar-refractivity contribution >= 4 is 11.8 Å². The minimum absolute atomic E-state index is 0.353. The van der Waals surface area contributed by atoms with Crippen molar-refractivity contribution in [3.63, 3.8) is 0 Å². The molecule has 2 heterocycles. The summed E-state index contributed by atoms with van der Waals surface area (Å²) in [6.45, 7) is 0. The van der Waals surface area contributed by atoms with Gasteiger partial charge in [-0.3, -0.25) is 0 Å². The van der Waals surface area contributed by atoms with E-state index in [0.717, 1.165) is 5.56 Å². The Morgan fingerprint density at radius 1 is 1.04 bits per heavy atom. The fraction of sp³-hybridized carbons (Fsp3) is 0.167. The Morgan fingerprint density at radius 2 is 1.85 bits per heavy atom. The molecule has 0 spiro atoms. The number of carbonyl (C=O) groups is 1. The lowest BCUT2D eigenvalue weighted by atomic mass is 10.1. The minimum Gasteiger partial charge on any atom is -0.493 e. The first kappa shape index (κ1) is 15.9. The fourth-order valence-corrected chi connectivity index (χ4v) is 2.83. The fourth-order valence-electron chi connectivity index (χ4n) is 2.83. The molecule has 0 saturated carbocycles. The molecule has 1 atom stereocenters. The summed E-state index contributed by atoms with van der Waals surface area (Å²) in [7, 11) is 3.12. The molecule has 0 aliphatic carbocycles. The van der Waals surface area contributed by atoms with E-state index in [1.807, 2.05) is 12.1 Å². The monoisotopic (exact) mass is 353 g/mol. The molecule has 3 aromatic rings. The first-order valence-electron chi connectivity index (χ1n) is 7.82. The van der Waals surface area contributed by atoms with E-state index in [4.69, 9.17) is 18.8 Å². The molecule has 1 unspecified atom stereocenters. The van der Waals surface area contributed by atoms with Crippen LogP contribution in [-0.2, 0) is 4.74 Å². The maximum Gasteiger partial charge on any atom is 0.340 e. The molecule has 0 amide bonds. The number of nitrogens with zero attached hydrogens (tertiary/aromatic N) is 2. The van der Waals surface area contributed by atoms with Gasteiger partial charge in [-0.2, -0.15) is 0 Å². The van der Waals surface area contributed by atoms with Crippen LogP contribution < -0.4 is 14.8 Å². The van der Waals surface area contributed by atoms with Gasteiger partial charge in [0.2, 0.25) is 12.0 Å². The Balaban J connectivity index is 1.66. The van der Waals surface area contributed by atoms with Gasteiger partial charge in [-0.15, -0.1) is 0 Å². The summed E-state index contributed by atoms with van der Waals surface area (Å²) in [6.07, 6.45) is -0.663. The van der Waals surface area contributed by atoms with Crippen LogP contribution in [0.3, 0.4) is 0 Å². The molecule has 1 aliphatic heterocycles. The van der Waals surface area contributed by atoms with Crippen LogP contribution in [0.1, 0.15) is 22.1 Å².